The topological polar surface area (TPSA) is 54.0 Å². The SMILES string of the molecule is CNc1nc(C(=O)NC2(C)CCCC2)cc2ccccc12. The molecule has 0 aliphatic heterocycles. The number of aromatic nitrogens is 1. The molecule has 1 aliphatic rings. The quantitative estimate of drug-likeness (QED) is 0.908. The van der Waals surface area contributed by atoms with E-state index in [1.165, 1.54) is 12.8 Å². The van der Waals surface area contributed by atoms with E-state index in [1.54, 1.807) is 0 Å². The van der Waals surface area contributed by atoms with Gasteiger partial charge in [0.25, 0.3) is 5.91 Å². The first-order valence-electron chi connectivity index (χ1n) is 7.51. The average Bonchev–Trinajstić information content (AvgIpc) is 2.92. The van der Waals surface area contributed by atoms with Crippen LogP contribution in [0.4, 0.5) is 5.82 Å². The van der Waals surface area contributed by atoms with Crippen LogP contribution in [0.1, 0.15) is 43.1 Å². The zero-order valence-corrected chi connectivity index (χ0v) is 12.6. The standard InChI is InChI=1S/C17H21N3O/c1-17(9-5-6-10-17)20-16(21)14-11-12-7-3-4-8-13(12)15(18-2)19-14/h3-4,7-8,11H,5-6,9-10H2,1-2H3,(H,18,19)(H,20,21). The van der Waals surface area contributed by atoms with Crippen molar-refractivity contribution in [2.75, 3.05) is 12.4 Å². The van der Waals surface area contributed by atoms with E-state index in [4.69, 9.17) is 0 Å². The molecule has 0 saturated heterocycles. The summed E-state index contributed by atoms with van der Waals surface area (Å²) in [6.45, 7) is 2.12. The number of nitrogens with zero attached hydrogens (tertiary/aromatic N) is 1. The van der Waals surface area contributed by atoms with Crippen molar-refractivity contribution >= 4 is 22.5 Å². The first-order valence-corrected chi connectivity index (χ1v) is 7.51. The summed E-state index contributed by atoms with van der Waals surface area (Å²) in [5.41, 5.74) is 0.399. The molecule has 0 unspecified atom stereocenters. The molecule has 2 aromatic rings. The van der Waals surface area contributed by atoms with Gasteiger partial charge >= 0.3 is 0 Å². The van der Waals surface area contributed by atoms with Gasteiger partial charge in [0.2, 0.25) is 0 Å². The zero-order valence-electron chi connectivity index (χ0n) is 12.6. The molecule has 21 heavy (non-hydrogen) atoms. The Bertz CT molecular complexity index is 675. The molecule has 1 heterocycles. The van der Waals surface area contributed by atoms with Crippen molar-refractivity contribution < 1.29 is 4.79 Å². The Kier molecular flexibility index (Phi) is 3.53. The number of amides is 1. The first kappa shape index (κ1) is 13.9. The molecule has 4 heteroatoms. The van der Waals surface area contributed by atoms with Crippen LogP contribution in [-0.4, -0.2) is 23.5 Å². The van der Waals surface area contributed by atoms with Crippen LogP contribution in [-0.2, 0) is 0 Å². The van der Waals surface area contributed by atoms with Crippen LogP contribution >= 0.6 is 0 Å². The molecule has 1 aromatic heterocycles. The van der Waals surface area contributed by atoms with E-state index in [0.717, 1.165) is 29.4 Å². The summed E-state index contributed by atoms with van der Waals surface area (Å²) in [7, 11) is 1.83. The van der Waals surface area contributed by atoms with Gasteiger partial charge in [-0.3, -0.25) is 4.79 Å². The van der Waals surface area contributed by atoms with Gasteiger partial charge in [0.15, 0.2) is 0 Å². The molecular weight excluding hydrogens is 262 g/mol. The van der Waals surface area contributed by atoms with Crippen LogP contribution < -0.4 is 10.6 Å². The summed E-state index contributed by atoms with van der Waals surface area (Å²) < 4.78 is 0. The minimum atomic E-state index is -0.0818. The number of hydrogen-bond donors (Lipinski definition) is 2. The van der Waals surface area contributed by atoms with Crippen molar-refractivity contribution in [3.8, 4) is 0 Å². The number of rotatable bonds is 3. The molecule has 0 atom stereocenters. The van der Waals surface area contributed by atoms with Crippen LogP contribution in [0.3, 0.4) is 0 Å². The largest absolute Gasteiger partial charge is 0.373 e. The molecule has 2 N–H and O–H groups in total. The number of hydrogen-bond acceptors (Lipinski definition) is 3. The predicted molar refractivity (Wildman–Crippen MR) is 85.6 cm³/mol. The normalized spacial score (nSPS) is 16.9. The predicted octanol–water partition coefficient (Wildman–Crippen LogP) is 3.34. The Labute approximate surface area is 125 Å². The minimum Gasteiger partial charge on any atom is -0.373 e. The molecule has 0 bridgehead atoms. The van der Waals surface area contributed by atoms with Gasteiger partial charge < -0.3 is 10.6 Å². The number of pyridine rings is 1. The maximum atomic E-state index is 12.5. The van der Waals surface area contributed by atoms with Gasteiger partial charge in [-0.05, 0) is 31.2 Å². The fraction of sp³-hybridized carbons (Fsp3) is 0.412. The molecule has 0 spiro atoms. The minimum absolute atomic E-state index is 0.0792. The number of fused-ring (bicyclic) bond motifs is 1. The van der Waals surface area contributed by atoms with Crippen LogP contribution in [0.2, 0.25) is 0 Å². The summed E-state index contributed by atoms with van der Waals surface area (Å²) >= 11 is 0. The van der Waals surface area contributed by atoms with Crippen molar-refractivity contribution in [1.29, 1.82) is 0 Å². The Balaban J connectivity index is 1.94. The second-order valence-electron chi connectivity index (χ2n) is 6.05. The molecular formula is C17H21N3O. The first-order chi connectivity index (χ1) is 10.1. The zero-order chi connectivity index (χ0) is 14.9. The Hall–Kier alpha value is -2.10. The highest BCUT2D eigenvalue weighted by Gasteiger charge is 2.30. The highest BCUT2D eigenvalue weighted by atomic mass is 16.2. The van der Waals surface area contributed by atoms with Crippen molar-refractivity contribution in [3.05, 3.63) is 36.0 Å². The lowest BCUT2D eigenvalue weighted by Crippen LogP contribution is -2.43. The van der Waals surface area contributed by atoms with E-state index in [0.29, 0.717) is 5.69 Å². The summed E-state index contributed by atoms with van der Waals surface area (Å²) in [6.07, 6.45) is 4.46. The molecule has 1 aromatic carbocycles. The monoisotopic (exact) mass is 283 g/mol. The number of carbonyl (C=O) groups is 1. The second kappa shape index (κ2) is 5.35. The van der Waals surface area contributed by atoms with Gasteiger partial charge in [-0.1, -0.05) is 37.1 Å². The Morgan fingerprint density at radius 2 is 1.95 bits per heavy atom. The number of carbonyl (C=O) groups excluding carboxylic acids is 1. The van der Waals surface area contributed by atoms with Crippen LogP contribution in [0.5, 0.6) is 0 Å². The maximum Gasteiger partial charge on any atom is 0.270 e. The summed E-state index contributed by atoms with van der Waals surface area (Å²) in [5.74, 6) is 0.663. The third kappa shape index (κ3) is 2.71. The summed E-state index contributed by atoms with van der Waals surface area (Å²) in [6, 6.07) is 9.83. The van der Waals surface area contributed by atoms with Crippen LogP contribution in [0.15, 0.2) is 30.3 Å². The lowest BCUT2D eigenvalue weighted by atomic mass is 10.0. The third-order valence-corrected chi connectivity index (χ3v) is 4.33. The van der Waals surface area contributed by atoms with Gasteiger partial charge in [-0.2, -0.15) is 0 Å². The van der Waals surface area contributed by atoms with E-state index < -0.39 is 0 Å². The van der Waals surface area contributed by atoms with Gasteiger partial charge in [0.1, 0.15) is 11.5 Å². The molecule has 1 saturated carbocycles. The summed E-state index contributed by atoms with van der Waals surface area (Å²) in [4.78, 5) is 17.0. The molecule has 0 radical (unpaired) electrons. The molecule has 1 aliphatic carbocycles. The lowest BCUT2D eigenvalue weighted by Gasteiger charge is -2.25. The van der Waals surface area contributed by atoms with Gasteiger partial charge in [0, 0.05) is 18.0 Å². The van der Waals surface area contributed by atoms with E-state index in [9.17, 15) is 4.79 Å². The van der Waals surface area contributed by atoms with E-state index in [1.807, 2.05) is 37.4 Å². The van der Waals surface area contributed by atoms with Crippen molar-refractivity contribution in [2.24, 2.45) is 0 Å². The van der Waals surface area contributed by atoms with Crippen LogP contribution in [0.25, 0.3) is 10.8 Å². The Morgan fingerprint density at radius 3 is 2.67 bits per heavy atom. The third-order valence-electron chi connectivity index (χ3n) is 4.33. The summed E-state index contributed by atoms with van der Waals surface area (Å²) in [5, 5.41) is 8.29. The van der Waals surface area contributed by atoms with Gasteiger partial charge in [0.05, 0.1) is 0 Å². The van der Waals surface area contributed by atoms with Crippen molar-refractivity contribution in [3.63, 3.8) is 0 Å². The van der Waals surface area contributed by atoms with E-state index >= 15 is 0 Å². The van der Waals surface area contributed by atoms with E-state index in [-0.39, 0.29) is 11.4 Å². The van der Waals surface area contributed by atoms with Gasteiger partial charge in [-0.25, -0.2) is 4.98 Å². The fourth-order valence-electron chi connectivity index (χ4n) is 3.12. The van der Waals surface area contributed by atoms with Gasteiger partial charge in [-0.15, -0.1) is 0 Å². The molecule has 1 fully saturated rings. The van der Waals surface area contributed by atoms with Crippen molar-refractivity contribution in [2.45, 2.75) is 38.1 Å². The molecule has 4 nitrogen and oxygen atoms in total. The smallest absolute Gasteiger partial charge is 0.270 e. The number of benzene rings is 1. The second-order valence-corrected chi connectivity index (χ2v) is 6.05. The number of anilines is 1. The highest BCUT2D eigenvalue weighted by molar-refractivity contribution is 6.00. The molecule has 3 rings (SSSR count). The Morgan fingerprint density at radius 1 is 1.24 bits per heavy atom. The maximum absolute atomic E-state index is 12.5. The molecule has 1 amide bonds. The lowest BCUT2D eigenvalue weighted by molar-refractivity contribution is 0.0903. The number of nitrogens with one attached hydrogen (secondary N) is 2. The average molecular weight is 283 g/mol. The highest BCUT2D eigenvalue weighted by Crippen LogP contribution is 2.29. The van der Waals surface area contributed by atoms with Crippen LogP contribution in [0, 0.1) is 0 Å². The van der Waals surface area contributed by atoms with Crippen molar-refractivity contribution in [1.82, 2.24) is 10.3 Å². The fourth-order valence-corrected chi connectivity index (χ4v) is 3.12. The van der Waals surface area contributed by atoms with E-state index in [2.05, 4.69) is 22.5 Å². The molecule has 110 valence electrons.